The number of piperidine rings is 1. The van der Waals surface area contributed by atoms with Crippen molar-refractivity contribution in [3.63, 3.8) is 0 Å². The predicted molar refractivity (Wildman–Crippen MR) is 84.8 cm³/mol. The lowest BCUT2D eigenvalue weighted by molar-refractivity contribution is 0.356. The Hall–Kier alpha value is -0.480. The molecule has 5 heteroatoms. The minimum Gasteiger partial charge on any atom is -0.497 e. The maximum absolute atomic E-state index is 5.14. The highest BCUT2D eigenvalue weighted by molar-refractivity contribution is 5.85. The molecule has 110 valence electrons. The van der Waals surface area contributed by atoms with Crippen LogP contribution < -0.4 is 15.4 Å². The molecule has 1 aliphatic heterocycles. The van der Waals surface area contributed by atoms with Crippen LogP contribution in [-0.2, 0) is 6.54 Å². The first-order valence-corrected chi connectivity index (χ1v) is 6.43. The van der Waals surface area contributed by atoms with Crippen molar-refractivity contribution in [2.24, 2.45) is 5.92 Å². The van der Waals surface area contributed by atoms with Crippen LogP contribution in [0.4, 0.5) is 0 Å². The third-order valence-electron chi connectivity index (χ3n) is 3.38. The first-order valence-electron chi connectivity index (χ1n) is 6.43. The maximum atomic E-state index is 5.14. The normalized spacial score (nSPS) is 15.2. The molecular weight excluding hydrogens is 283 g/mol. The average molecular weight is 307 g/mol. The lowest BCUT2D eigenvalue weighted by Gasteiger charge is -2.22. The van der Waals surface area contributed by atoms with Gasteiger partial charge < -0.3 is 15.4 Å². The number of nitrogens with one attached hydrogen (secondary N) is 2. The first kappa shape index (κ1) is 18.5. The second-order valence-electron chi connectivity index (χ2n) is 4.67. The SMILES string of the molecule is COc1ccc(CNCC2CCNCC2)cc1.Cl.Cl. The second kappa shape index (κ2) is 10.3. The molecule has 0 amide bonds. The Morgan fingerprint density at radius 2 is 1.79 bits per heavy atom. The fraction of sp³-hybridized carbons (Fsp3) is 0.571. The molecule has 3 nitrogen and oxygen atoms in total. The summed E-state index contributed by atoms with van der Waals surface area (Å²) in [6.45, 7) is 4.44. The van der Waals surface area contributed by atoms with Crippen LogP contribution >= 0.6 is 24.8 Å². The van der Waals surface area contributed by atoms with Crippen molar-refractivity contribution in [2.45, 2.75) is 19.4 Å². The van der Waals surface area contributed by atoms with Crippen LogP contribution in [0.2, 0.25) is 0 Å². The Balaban J connectivity index is 0.00000162. The molecule has 0 unspecified atom stereocenters. The van der Waals surface area contributed by atoms with Gasteiger partial charge in [0, 0.05) is 6.54 Å². The summed E-state index contributed by atoms with van der Waals surface area (Å²) in [5.41, 5.74) is 1.32. The highest BCUT2D eigenvalue weighted by atomic mass is 35.5. The molecule has 19 heavy (non-hydrogen) atoms. The van der Waals surface area contributed by atoms with E-state index in [2.05, 4.69) is 22.8 Å². The van der Waals surface area contributed by atoms with E-state index in [-0.39, 0.29) is 24.8 Å². The average Bonchev–Trinajstić information content (AvgIpc) is 2.41. The number of hydrogen-bond acceptors (Lipinski definition) is 3. The van der Waals surface area contributed by atoms with E-state index in [0.29, 0.717) is 0 Å². The minimum absolute atomic E-state index is 0. The maximum Gasteiger partial charge on any atom is 0.118 e. The Labute approximate surface area is 128 Å². The third kappa shape index (κ3) is 6.48. The van der Waals surface area contributed by atoms with E-state index >= 15 is 0 Å². The molecule has 0 atom stereocenters. The molecular formula is C14H24Cl2N2O. The van der Waals surface area contributed by atoms with Crippen LogP contribution in [0.15, 0.2) is 24.3 Å². The summed E-state index contributed by atoms with van der Waals surface area (Å²) in [7, 11) is 1.70. The van der Waals surface area contributed by atoms with Gasteiger partial charge in [0.15, 0.2) is 0 Å². The van der Waals surface area contributed by atoms with Crippen molar-refractivity contribution < 1.29 is 4.74 Å². The van der Waals surface area contributed by atoms with E-state index in [0.717, 1.165) is 24.8 Å². The van der Waals surface area contributed by atoms with Crippen molar-refractivity contribution >= 4 is 24.8 Å². The van der Waals surface area contributed by atoms with E-state index in [9.17, 15) is 0 Å². The highest BCUT2D eigenvalue weighted by Crippen LogP contribution is 2.12. The van der Waals surface area contributed by atoms with Gasteiger partial charge >= 0.3 is 0 Å². The highest BCUT2D eigenvalue weighted by Gasteiger charge is 2.11. The number of benzene rings is 1. The largest absolute Gasteiger partial charge is 0.497 e. The molecule has 1 fully saturated rings. The van der Waals surface area contributed by atoms with Gasteiger partial charge in [0.05, 0.1) is 7.11 Å². The van der Waals surface area contributed by atoms with Crippen LogP contribution in [0.25, 0.3) is 0 Å². The van der Waals surface area contributed by atoms with Crippen LogP contribution in [-0.4, -0.2) is 26.7 Å². The summed E-state index contributed by atoms with van der Waals surface area (Å²) in [4.78, 5) is 0. The zero-order chi connectivity index (χ0) is 11.9. The molecule has 1 saturated heterocycles. The quantitative estimate of drug-likeness (QED) is 0.877. The van der Waals surface area contributed by atoms with Gasteiger partial charge in [-0.2, -0.15) is 0 Å². The summed E-state index contributed by atoms with van der Waals surface area (Å²) < 4.78 is 5.14. The van der Waals surface area contributed by atoms with Gasteiger partial charge in [-0.05, 0) is 56.1 Å². The van der Waals surface area contributed by atoms with Gasteiger partial charge in [-0.25, -0.2) is 0 Å². The van der Waals surface area contributed by atoms with Crippen molar-refractivity contribution in [2.75, 3.05) is 26.7 Å². The standard InChI is InChI=1S/C14H22N2O.2ClH/c1-17-14-4-2-12(3-5-14)10-16-11-13-6-8-15-9-7-13;;/h2-5,13,15-16H,6-11H2,1H3;2*1H. The molecule has 0 spiro atoms. The molecule has 1 aromatic carbocycles. The third-order valence-corrected chi connectivity index (χ3v) is 3.38. The first-order chi connectivity index (χ1) is 8.38. The summed E-state index contributed by atoms with van der Waals surface area (Å²) in [6, 6.07) is 8.27. The molecule has 0 aromatic heterocycles. The van der Waals surface area contributed by atoms with Gasteiger partial charge in [-0.15, -0.1) is 24.8 Å². The van der Waals surface area contributed by atoms with Gasteiger partial charge in [-0.3, -0.25) is 0 Å². The number of methoxy groups -OCH3 is 1. The molecule has 0 aliphatic carbocycles. The van der Waals surface area contributed by atoms with Gasteiger partial charge in [0.1, 0.15) is 5.75 Å². The summed E-state index contributed by atoms with van der Waals surface area (Å²) >= 11 is 0. The van der Waals surface area contributed by atoms with Crippen LogP contribution in [0.3, 0.4) is 0 Å². The van der Waals surface area contributed by atoms with Crippen molar-refractivity contribution in [1.82, 2.24) is 10.6 Å². The van der Waals surface area contributed by atoms with E-state index < -0.39 is 0 Å². The molecule has 0 bridgehead atoms. The second-order valence-corrected chi connectivity index (χ2v) is 4.67. The lowest BCUT2D eigenvalue weighted by Crippen LogP contribution is -2.33. The lowest BCUT2D eigenvalue weighted by atomic mass is 9.98. The zero-order valence-corrected chi connectivity index (χ0v) is 13.0. The Kier molecular flexibility index (Phi) is 10.1. The van der Waals surface area contributed by atoms with E-state index in [1.165, 1.54) is 31.5 Å². The monoisotopic (exact) mass is 306 g/mol. The predicted octanol–water partition coefficient (Wildman–Crippen LogP) is 2.63. The van der Waals surface area contributed by atoms with E-state index in [1.807, 2.05) is 12.1 Å². The molecule has 0 radical (unpaired) electrons. The Bertz CT molecular complexity index is 327. The van der Waals surface area contributed by atoms with Gasteiger partial charge in [0.2, 0.25) is 0 Å². The topological polar surface area (TPSA) is 33.3 Å². The number of halogens is 2. The minimum atomic E-state index is 0. The van der Waals surface area contributed by atoms with Crippen LogP contribution in [0, 0.1) is 5.92 Å². The molecule has 1 aromatic rings. The summed E-state index contributed by atoms with van der Waals surface area (Å²) in [6.07, 6.45) is 2.60. The van der Waals surface area contributed by atoms with Gasteiger partial charge in [0.25, 0.3) is 0 Å². The fourth-order valence-corrected chi connectivity index (χ4v) is 2.25. The molecule has 0 saturated carbocycles. The fourth-order valence-electron chi connectivity index (χ4n) is 2.25. The summed E-state index contributed by atoms with van der Waals surface area (Å²) in [5.74, 6) is 1.77. The van der Waals surface area contributed by atoms with Crippen molar-refractivity contribution in [3.8, 4) is 5.75 Å². The van der Waals surface area contributed by atoms with Crippen molar-refractivity contribution in [3.05, 3.63) is 29.8 Å². The Morgan fingerprint density at radius 3 is 2.37 bits per heavy atom. The number of rotatable bonds is 5. The smallest absolute Gasteiger partial charge is 0.118 e. The summed E-state index contributed by atoms with van der Waals surface area (Å²) in [5, 5.41) is 6.93. The van der Waals surface area contributed by atoms with Crippen LogP contribution in [0.1, 0.15) is 18.4 Å². The molecule has 1 heterocycles. The number of hydrogen-bond donors (Lipinski definition) is 2. The number of ether oxygens (including phenoxy) is 1. The van der Waals surface area contributed by atoms with E-state index in [4.69, 9.17) is 4.74 Å². The molecule has 2 N–H and O–H groups in total. The zero-order valence-electron chi connectivity index (χ0n) is 11.4. The van der Waals surface area contributed by atoms with Crippen LogP contribution in [0.5, 0.6) is 5.75 Å². The Morgan fingerprint density at radius 1 is 1.16 bits per heavy atom. The molecule has 1 aliphatic rings. The van der Waals surface area contributed by atoms with Gasteiger partial charge in [-0.1, -0.05) is 12.1 Å². The van der Waals surface area contributed by atoms with E-state index in [1.54, 1.807) is 7.11 Å². The van der Waals surface area contributed by atoms with Crippen molar-refractivity contribution in [1.29, 1.82) is 0 Å². The molecule has 2 rings (SSSR count).